The van der Waals surface area contributed by atoms with Gasteiger partial charge in [0.05, 0.1) is 0 Å². The lowest BCUT2D eigenvalue weighted by Gasteiger charge is -2.43. The molecule has 3 heterocycles. The highest BCUT2D eigenvalue weighted by Gasteiger charge is 2.27. The topological polar surface area (TPSA) is 31.4 Å². The molecule has 3 rings (SSSR count). The van der Waals surface area contributed by atoms with E-state index in [1.54, 1.807) is 12.3 Å². The van der Waals surface area contributed by atoms with E-state index in [2.05, 4.69) is 20.1 Å². The number of hydrogen-bond acceptors (Lipinski definition) is 4. The quantitative estimate of drug-likeness (QED) is 0.857. The fourth-order valence-electron chi connectivity index (χ4n) is 2.61. The molecule has 1 aromatic heterocycles. The maximum Gasteiger partial charge on any atom is 0.130 e. The number of aromatic nitrogens is 1. The van der Waals surface area contributed by atoms with E-state index in [9.17, 15) is 0 Å². The molecular weight excluding hydrogens is 283 g/mol. The van der Waals surface area contributed by atoms with E-state index < -0.39 is 0 Å². The van der Waals surface area contributed by atoms with Crippen molar-refractivity contribution in [2.24, 2.45) is 0 Å². The summed E-state index contributed by atoms with van der Waals surface area (Å²) < 4.78 is 0. The molecule has 2 fully saturated rings. The van der Waals surface area contributed by atoms with Gasteiger partial charge in [-0.3, -0.25) is 9.80 Å². The molecule has 0 atom stereocenters. The summed E-state index contributed by atoms with van der Waals surface area (Å²) in [5.74, 6) is 0. The first-order valence-corrected chi connectivity index (χ1v) is 7.45. The summed E-state index contributed by atoms with van der Waals surface area (Å²) in [7, 11) is 0. The molecule has 2 saturated heterocycles. The summed E-state index contributed by atoms with van der Waals surface area (Å²) in [6.45, 7) is 7.63. The molecule has 0 spiro atoms. The predicted octanol–water partition coefficient (Wildman–Crippen LogP) is 1.48. The van der Waals surface area contributed by atoms with E-state index in [4.69, 9.17) is 23.2 Å². The molecule has 0 amide bonds. The Balaban J connectivity index is 1.54. The third-order valence-corrected chi connectivity index (χ3v) is 4.53. The van der Waals surface area contributed by atoms with Crippen molar-refractivity contribution < 1.29 is 0 Å². The van der Waals surface area contributed by atoms with Gasteiger partial charge < -0.3 is 5.32 Å². The first-order chi connectivity index (χ1) is 9.22. The minimum Gasteiger partial charge on any atom is -0.314 e. The highest BCUT2D eigenvalue weighted by molar-refractivity contribution is 6.34. The van der Waals surface area contributed by atoms with Crippen molar-refractivity contribution in [2.75, 3.05) is 39.3 Å². The Morgan fingerprint density at radius 1 is 1.21 bits per heavy atom. The summed E-state index contributed by atoms with van der Waals surface area (Å²) >= 11 is 12.0. The molecule has 0 unspecified atom stereocenters. The Labute approximate surface area is 123 Å². The zero-order valence-electron chi connectivity index (χ0n) is 10.8. The van der Waals surface area contributed by atoms with Crippen molar-refractivity contribution in [3.63, 3.8) is 0 Å². The van der Waals surface area contributed by atoms with Gasteiger partial charge in [0.25, 0.3) is 0 Å². The summed E-state index contributed by atoms with van der Waals surface area (Å²) in [4.78, 5) is 9.11. The van der Waals surface area contributed by atoms with Crippen LogP contribution in [0.5, 0.6) is 0 Å². The lowest BCUT2D eigenvalue weighted by atomic mass is 10.1. The number of pyridine rings is 1. The van der Waals surface area contributed by atoms with Gasteiger partial charge >= 0.3 is 0 Å². The van der Waals surface area contributed by atoms with Crippen molar-refractivity contribution in [1.82, 2.24) is 20.1 Å². The van der Waals surface area contributed by atoms with Crippen LogP contribution in [0.1, 0.15) is 5.56 Å². The number of hydrogen-bond donors (Lipinski definition) is 1. The molecule has 1 N–H and O–H groups in total. The number of halogens is 2. The van der Waals surface area contributed by atoms with Crippen LogP contribution >= 0.6 is 23.2 Å². The van der Waals surface area contributed by atoms with Gasteiger partial charge in [-0.2, -0.15) is 0 Å². The molecule has 6 heteroatoms. The monoisotopic (exact) mass is 300 g/mol. The van der Waals surface area contributed by atoms with Crippen LogP contribution in [-0.4, -0.2) is 60.1 Å². The van der Waals surface area contributed by atoms with Crippen LogP contribution in [0.3, 0.4) is 0 Å². The maximum absolute atomic E-state index is 6.19. The lowest BCUT2D eigenvalue weighted by molar-refractivity contribution is 0.0695. The molecule has 1 aromatic rings. The second kappa shape index (κ2) is 5.94. The van der Waals surface area contributed by atoms with Gasteiger partial charge in [0.1, 0.15) is 5.15 Å². The van der Waals surface area contributed by atoms with Gasteiger partial charge in [-0.15, -0.1) is 0 Å². The zero-order chi connectivity index (χ0) is 13.2. The van der Waals surface area contributed by atoms with Crippen molar-refractivity contribution in [1.29, 1.82) is 0 Å². The minimum absolute atomic E-state index is 0.455. The average molecular weight is 301 g/mol. The Morgan fingerprint density at radius 3 is 2.53 bits per heavy atom. The van der Waals surface area contributed by atoms with Crippen LogP contribution in [0.15, 0.2) is 12.3 Å². The van der Waals surface area contributed by atoms with Crippen LogP contribution in [-0.2, 0) is 6.54 Å². The molecule has 2 aliphatic heterocycles. The first-order valence-electron chi connectivity index (χ1n) is 6.69. The smallest absolute Gasteiger partial charge is 0.130 e. The third-order valence-electron chi connectivity index (χ3n) is 3.97. The number of rotatable bonds is 3. The van der Waals surface area contributed by atoms with E-state index in [0.717, 1.165) is 57.4 Å². The van der Waals surface area contributed by atoms with E-state index in [1.165, 1.54) is 0 Å². The van der Waals surface area contributed by atoms with Gasteiger partial charge in [0, 0.05) is 68.6 Å². The van der Waals surface area contributed by atoms with Crippen LogP contribution in [0, 0.1) is 0 Å². The third kappa shape index (κ3) is 3.20. The van der Waals surface area contributed by atoms with E-state index in [-0.39, 0.29) is 0 Å². The normalized spacial score (nSPS) is 22.4. The fraction of sp³-hybridized carbons (Fsp3) is 0.615. The van der Waals surface area contributed by atoms with Crippen LogP contribution in [0.25, 0.3) is 0 Å². The summed E-state index contributed by atoms with van der Waals surface area (Å²) in [5, 5.41) is 4.50. The Bertz CT molecular complexity index is 442. The van der Waals surface area contributed by atoms with Gasteiger partial charge in [0.15, 0.2) is 0 Å². The number of piperazine rings is 1. The highest BCUT2D eigenvalue weighted by atomic mass is 35.5. The van der Waals surface area contributed by atoms with Crippen molar-refractivity contribution in [3.05, 3.63) is 28.0 Å². The van der Waals surface area contributed by atoms with Gasteiger partial charge in [-0.1, -0.05) is 23.2 Å². The number of nitrogens with one attached hydrogen (secondary N) is 1. The summed E-state index contributed by atoms with van der Waals surface area (Å²) in [6.07, 6.45) is 1.78. The van der Waals surface area contributed by atoms with E-state index in [0.29, 0.717) is 10.2 Å². The van der Waals surface area contributed by atoms with Crippen molar-refractivity contribution >= 4 is 23.2 Å². The second-order valence-electron chi connectivity index (χ2n) is 5.22. The predicted molar refractivity (Wildman–Crippen MR) is 77.8 cm³/mol. The van der Waals surface area contributed by atoms with Crippen molar-refractivity contribution in [2.45, 2.75) is 12.6 Å². The second-order valence-corrected chi connectivity index (χ2v) is 6.02. The molecule has 104 valence electrons. The highest BCUT2D eigenvalue weighted by Crippen LogP contribution is 2.21. The average Bonchev–Trinajstić information content (AvgIpc) is 2.33. The first kappa shape index (κ1) is 13.6. The zero-order valence-corrected chi connectivity index (χ0v) is 12.3. The Morgan fingerprint density at radius 2 is 1.95 bits per heavy atom. The van der Waals surface area contributed by atoms with Gasteiger partial charge in [-0.25, -0.2) is 4.98 Å². The molecule has 0 saturated carbocycles. The molecule has 0 radical (unpaired) electrons. The van der Waals surface area contributed by atoms with Crippen molar-refractivity contribution in [3.8, 4) is 0 Å². The Hall–Kier alpha value is -0.390. The summed E-state index contributed by atoms with van der Waals surface area (Å²) in [6, 6.07) is 2.47. The largest absolute Gasteiger partial charge is 0.314 e. The van der Waals surface area contributed by atoms with Gasteiger partial charge in [-0.05, 0) is 6.07 Å². The molecule has 4 nitrogen and oxygen atoms in total. The molecule has 19 heavy (non-hydrogen) atoms. The standard InChI is InChI=1S/C13H18Cl2N4/c14-12-5-13(15)17-6-10(12)9-18-1-3-19(4-2-18)11-7-16-8-11/h5-6,11,16H,1-4,7-9H2. The number of nitrogens with zero attached hydrogens (tertiary/aromatic N) is 3. The van der Waals surface area contributed by atoms with Crippen LogP contribution in [0.2, 0.25) is 10.2 Å². The van der Waals surface area contributed by atoms with Crippen LogP contribution in [0.4, 0.5) is 0 Å². The minimum atomic E-state index is 0.455. The maximum atomic E-state index is 6.19. The molecule has 0 bridgehead atoms. The molecule has 2 aliphatic rings. The summed E-state index contributed by atoms with van der Waals surface area (Å²) in [5.41, 5.74) is 1.06. The van der Waals surface area contributed by atoms with Gasteiger partial charge in [0.2, 0.25) is 0 Å². The fourth-order valence-corrected chi connectivity index (χ4v) is 3.04. The van der Waals surface area contributed by atoms with Crippen LogP contribution < -0.4 is 5.32 Å². The van der Waals surface area contributed by atoms with E-state index in [1.807, 2.05) is 0 Å². The molecular formula is C13H18Cl2N4. The van der Waals surface area contributed by atoms with E-state index >= 15 is 0 Å². The Kier molecular flexibility index (Phi) is 4.24. The lowest BCUT2D eigenvalue weighted by Crippen LogP contribution is -2.61. The SMILES string of the molecule is Clc1cc(Cl)c(CN2CCN(C3CNC3)CC2)cn1. The molecule has 0 aliphatic carbocycles. The molecule has 0 aromatic carbocycles.